The first-order valence-corrected chi connectivity index (χ1v) is 7.15. The molecule has 0 aliphatic heterocycles. The quantitative estimate of drug-likeness (QED) is 0.668. The highest BCUT2D eigenvalue weighted by atomic mass is 35.5. The lowest BCUT2D eigenvalue weighted by Gasteiger charge is -2.06. The minimum atomic E-state index is -0.417. The van der Waals surface area contributed by atoms with Crippen LogP contribution in [0.2, 0.25) is 5.28 Å². The fourth-order valence-electron chi connectivity index (χ4n) is 2.13. The van der Waals surface area contributed by atoms with E-state index in [9.17, 15) is 9.59 Å². The van der Waals surface area contributed by atoms with E-state index in [0.29, 0.717) is 17.7 Å². The van der Waals surface area contributed by atoms with Gasteiger partial charge in [-0.15, -0.1) is 0 Å². The molecule has 0 aliphatic carbocycles. The Balaban J connectivity index is 2.36. The summed E-state index contributed by atoms with van der Waals surface area (Å²) in [5, 5.41) is 4.13. The van der Waals surface area contributed by atoms with E-state index in [1.807, 2.05) is 16.8 Å². The summed E-state index contributed by atoms with van der Waals surface area (Å²) in [5.41, 5.74) is 0.869. The fourth-order valence-corrected chi connectivity index (χ4v) is 3.01. The number of imidazole rings is 1. The maximum Gasteiger partial charge on any atom is 0.332 e. The van der Waals surface area contributed by atoms with Gasteiger partial charge >= 0.3 is 5.69 Å². The zero-order valence-electron chi connectivity index (χ0n) is 10.8. The van der Waals surface area contributed by atoms with E-state index >= 15 is 0 Å². The van der Waals surface area contributed by atoms with Crippen LogP contribution in [0.5, 0.6) is 0 Å². The molecule has 0 spiro atoms. The average molecular weight is 311 g/mol. The van der Waals surface area contributed by atoms with Gasteiger partial charge in [0.2, 0.25) is 5.28 Å². The third-order valence-electron chi connectivity index (χ3n) is 3.22. The van der Waals surface area contributed by atoms with Crippen molar-refractivity contribution in [3.63, 3.8) is 0 Å². The van der Waals surface area contributed by atoms with Crippen LogP contribution >= 0.6 is 22.9 Å². The number of halogens is 1. The van der Waals surface area contributed by atoms with E-state index in [-0.39, 0.29) is 5.28 Å². The SMILES string of the molecule is Cn1c(=O)c2c(nc(Cl)n2Cc2ccsc2)n(C)c1=O. The first kappa shape index (κ1) is 13.1. The maximum absolute atomic E-state index is 12.3. The topological polar surface area (TPSA) is 61.8 Å². The molecule has 0 fully saturated rings. The molecular weight excluding hydrogens is 300 g/mol. The van der Waals surface area contributed by atoms with Crippen molar-refractivity contribution in [3.8, 4) is 0 Å². The highest BCUT2D eigenvalue weighted by Crippen LogP contribution is 2.18. The Morgan fingerprint density at radius 1 is 1.30 bits per heavy atom. The molecule has 0 unspecified atom stereocenters. The second kappa shape index (κ2) is 4.60. The molecule has 0 amide bonds. The number of hydrogen-bond acceptors (Lipinski definition) is 4. The number of nitrogens with zero attached hydrogens (tertiary/aromatic N) is 4. The van der Waals surface area contributed by atoms with Gasteiger partial charge in [0.05, 0.1) is 6.54 Å². The summed E-state index contributed by atoms with van der Waals surface area (Å²) < 4.78 is 4.01. The molecule has 3 aromatic heterocycles. The predicted molar refractivity (Wildman–Crippen MR) is 78.6 cm³/mol. The van der Waals surface area contributed by atoms with Crippen LogP contribution in [0.15, 0.2) is 26.4 Å². The number of thiophene rings is 1. The smallest absolute Gasteiger partial charge is 0.304 e. The fraction of sp³-hybridized carbons (Fsp3) is 0.250. The van der Waals surface area contributed by atoms with Gasteiger partial charge in [0.1, 0.15) is 0 Å². The van der Waals surface area contributed by atoms with Gasteiger partial charge in [-0.2, -0.15) is 16.3 Å². The van der Waals surface area contributed by atoms with E-state index in [4.69, 9.17) is 11.6 Å². The summed E-state index contributed by atoms with van der Waals surface area (Å²) in [6.45, 7) is 0.451. The molecule has 0 N–H and O–H groups in total. The van der Waals surface area contributed by atoms with E-state index in [2.05, 4.69) is 4.98 Å². The van der Waals surface area contributed by atoms with Gasteiger partial charge in [0.15, 0.2) is 11.2 Å². The molecular formula is C12H11ClN4O2S. The molecule has 3 aromatic rings. The summed E-state index contributed by atoms with van der Waals surface area (Å²) in [6.07, 6.45) is 0. The normalized spacial score (nSPS) is 11.3. The van der Waals surface area contributed by atoms with Crippen molar-refractivity contribution in [1.82, 2.24) is 18.7 Å². The van der Waals surface area contributed by atoms with Crippen LogP contribution in [0.25, 0.3) is 11.2 Å². The van der Waals surface area contributed by atoms with Crippen LogP contribution in [0.4, 0.5) is 0 Å². The minimum Gasteiger partial charge on any atom is -0.304 e. The average Bonchev–Trinajstić information content (AvgIpc) is 3.04. The van der Waals surface area contributed by atoms with Gasteiger partial charge in [-0.3, -0.25) is 13.9 Å². The predicted octanol–water partition coefficient (Wildman–Crippen LogP) is 1.20. The van der Waals surface area contributed by atoms with Crippen molar-refractivity contribution >= 4 is 34.1 Å². The lowest BCUT2D eigenvalue weighted by molar-refractivity contribution is 0.702. The van der Waals surface area contributed by atoms with Crippen molar-refractivity contribution in [3.05, 3.63) is 48.5 Å². The Kier molecular flexibility index (Phi) is 3.02. The molecule has 0 radical (unpaired) electrons. The molecule has 0 saturated carbocycles. The van der Waals surface area contributed by atoms with Crippen LogP contribution in [-0.4, -0.2) is 18.7 Å². The van der Waals surface area contributed by atoms with Crippen molar-refractivity contribution in [2.45, 2.75) is 6.54 Å². The van der Waals surface area contributed by atoms with E-state index in [0.717, 1.165) is 10.1 Å². The molecule has 0 saturated heterocycles. The number of aryl methyl sites for hydroxylation is 1. The van der Waals surface area contributed by atoms with E-state index < -0.39 is 11.2 Å². The molecule has 6 nitrogen and oxygen atoms in total. The van der Waals surface area contributed by atoms with Crippen LogP contribution in [0, 0.1) is 0 Å². The molecule has 20 heavy (non-hydrogen) atoms. The van der Waals surface area contributed by atoms with Crippen LogP contribution in [-0.2, 0) is 20.6 Å². The van der Waals surface area contributed by atoms with E-state index in [1.165, 1.54) is 11.6 Å². The Morgan fingerprint density at radius 3 is 2.70 bits per heavy atom. The third kappa shape index (κ3) is 1.82. The second-order valence-electron chi connectivity index (χ2n) is 4.48. The second-order valence-corrected chi connectivity index (χ2v) is 5.59. The Labute approximate surface area is 122 Å². The van der Waals surface area contributed by atoms with Crippen molar-refractivity contribution < 1.29 is 0 Å². The van der Waals surface area contributed by atoms with Gasteiger partial charge < -0.3 is 4.57 Å². The molecule has 0 aromatic carbocycles. The van der Waals surface area contributed by atoms with Gasteiger partial charge in [-0.1, -0.05) is 0 Å². The highest BCUT2D eigenvalue weighted by Gasteiger charge is 2.18. The van der Waals surface area contributed by atoms with Gasteiger partial charge in [-0.05, 0) is 34.0 Å². The third-order valence-corrected chi connectivity index (χ3v) is 4.24. The Hall–Kier alpha value is -1.86. The zero-order valence-corrected chi connectivity index (χ0v) is 12.4. The van der Waals surface area contributed by atoms with E-state index in [1.54, 1.807) is 23.0 Å². The van der Waals surface area contributed by atoms with Crippen LogP contribution < -0.4 is 11.2 Å². The molecule has 0 bridgehead atoms. The standard InChI is InChI=1S/C12H11ClN4O2S/c1-15-9-8(10(18)16(2)12(15)19)17(11(13)14-9)5-7-3-4-20-6-7/h3-4,6H,5H2,1-2H3. The number of aromatic nitrogens is 4. The van der Waals surface area contributed by atoms with Gasteiger partial charge in [-0.25, -0.2) is 4.79 Å². The summed E-state index contributed by atoms with van der Waals surface area (Å²) in [7, 11) is 3.02. The molecule has 3 heterocycles. The number of rotatable bonds is 2. The lowest BCUT2D eigenvalue weighted by Crippen LogP contribution is -2.37. The molecule has 8 heteroatoms. The summed E-state index contributed by atoms with van der Waals surface area (Å²) >= 11 is 7.70. The van der Waals surface area contributed by atoms with Crippen LogP contribution in [0.1, 0.15) is 5.56 Å². The highest BCUT2D eigenvalue weighted by molar-refractivity contribution is 7.07. The zero-order chi connectivity index (χ0) is 14.4. The monoisotopic (exact) mass is 310 g/mol. The summed E-state index contributed by atoms with van der Waals surface area (Å²) in [6, 6.07) is 1.96. The van der Waals surface area contributed by atoms with Crippen LogP contribution in [0.3, 0.4) is 0 Å². The molecule has 104 valence electrons. The number of fused-ring (bicyclic) bond motifs is 1. The largest absolute Gasteiger partial charge is 0.332 e. The van der Waals surface area contributed by atoms with Gasteiger partial charge in [0.25, 0.3) is 5.56 Å². The Morgan fingerprint density at radius 2 is 2.05 bits per heavy atom. The molecule has 0 atom stereocenters. The summed E-state index contributed by atoms with van der Waals surface area (Å²) in [5.74, 6) is 0. The molecule has 0 aliphatic rings. The van der Waals surface area contributed by atoms with Gasteiger partial charge in [0, 0.05) is 14.1 Å². The van der Waals surface area contributed by atoms with Crippen molar-refractivity contribution in [1.29, 1.82) is 0 Å². The van der Waals surface area contributed by atoms with Crippen molar-refractivity contribution in [2.24, 2.45) is 14.1 Å². The minimum absolute atomic E-state index is 0.199. The Bertz CT molecular complexity index is 904. The summed E-state index contributed by atoms with van der Waals surface area (Å²) in [4.78, 5) is 28.3. The maximum atomic E-state index is 12.3. The van der Waals surface area contributed by atoms with Crippen molar-refractivity contribution in [2.75, 3.05) is 0 Å². The first-order chi connectivity index (χ1) is 9.50. The lowest BCUT2D eigenvalue weighted by atomic mass is 10.3. The number of hydrogen-bond donors (Lipinski definition) is 0. The molecule has 3 rings (SSSR count). The first-order valence-electron chi connectivity index (χ1n) is 5.83.